The number of hydrogen-bond acceptors (Lipinski definition) is 10. The molecule has 0 saturated heterocycles. The summed E-state index contributed by atoms with van der Waals surface area (Å²) in [5.74, 6) is 0.199. The van der Waals surface area contributed by atoms with Gasteiger partial charge in [0.25, 0.3) is 5.91 Å². The SMILES string of the molecule is COc1ccc(/C=N/NC(=O)c2c(C)nnn2-c2nonc2N)cc1Cn1nc(C)c(Br)c1C. The number of nitrogens with one attached hydrogen (secondary N) is 1. The van der Waals surface area contributed by atoms with Crippen molar-refractivity contribution in [2.45, 2.75) is 27.3 Å². The Morgan fingerprint density at radius 1 is 1.29 bits per heavy atom. The minimum absolute atomic E-state index is 0.0251. The van der Waals surface area contributed by atoms with Crippen molar-refractivity contribution < 1.29 is 14.2 Å². The Morgan fingerprint density at radius 2 is 2.09 bits per heavy atom. The Kier molecular flexibility index (Phi) is 6.40. The molecular formula is C20H21BrN10O3. The van der Waals surface area contributed by atoms with Gasteiger partial charge in [0.1, 0.15) is 5.75 Å². The predicted molar refractivity (Wildman–Crippen MR) is 125 cm³/mol. The van der Waals surface area contributed by atoms with Gasteiger partial charge in [0.15, 0.2) is 5.69 Å². The van der Waals surface area contributed by atoms with Crippen LogP contribution in [0.2, 0.25) is 0 Å². The van der Waals surface area contributed by atoms with Crippen LogP contribution in [0.3, 0.4) is 0 Å². The average Bonchev–Trinajstić information content (AvgIpc) is 3.48. The first kappa shape index (κ1) is 23.1. The molecule has 0 saturated carbocycles. The lowest BCUT2D eigenvalue weighted by atomic mass is 10.1. The van der Waals surface area contributed by atoms with Crippen LogP contribution in [0.5, 0.6) is 5.75 Å². The highest BCUT2D eigenvalue weighted by atomic mass is 79.9. The number of aryl methyl sites for hydroxylation is 2. The number of aromatic nitrogens is 7. The number of methoxy groups -OCH3 is 1. The largest absolute Gasteiger partial charge is 0.496 e. The lowest BCUT2D eigenvalue weighted by Gasteiger charge is -2.11. The molecule has 4 aromatic rings. The smallest absolute Gasteiger partial charge is 0.292 e. The topological polar surface area (TPSA) is 164 Å². The van der Waals surface area contributed by atoms with Gasteiger partial charge in [-0.15, -0.1) is 5.10 Å². The van der Waals surface area contributed by atoms with E-state index in [1.54, 1.807) is 14.0 Å². The number of ether oxygens (including phenoxy) is 1. The second kappa shape index (κ2) is 9.43. The molecule has 0 bridgehead atoms. The van der Waals surface area contributed by atoms with E-state index in [4.69, 9.17) is 10.5 Å². The third kappa shape index (κ3) is 4.39. The van der Waals surface area contributed by atoms with Gasteiger partial charge >= 0.3 is 0 Å². The number of benzene rings is 1. The van der Waals surface area contributed by atoms with Gasteiger partial charge in [-0.2, -0.15) is 14.9 Å². The van der Waals surface area contributed by atoms with E-state index in [1.165, 1.54) is 6.21 Å². The second-order valence-electron chi connectivity index (χ2n) is 7.32. The number of hydrazone groups is 1. The van der Waals surface area contributed by atoms with Crippen LogP contribution >= 0.6 is 15.9 Å². The summed E-state index contributed by atoms with van der Waals surface area (Å²) in [6, 6.07) is 5.58. The van der Waals surface area contributed by atoms with Gasteiger partial charge in [-0.1, -0.05) is 5.21 Å². The molecule has 0 atom stereocenters. The fourth-order valence-electron chi connectivity index (χ4n) is 3.31. The summed E-state index contributed by atoms with van der Waals surface area (Å²) < 4.78 is 14.1. The highest BCUT2D eigenvalue weighted by Crippen LogP contribution is 2.24. The van der Waals surface area contributed by atoms with Crippen LogP contribution in [-0.2, 0) is 6.54 Å². The zero-order chi connectivity index (χ0) is 24.4. The van der Waals surface area contributed by atoms with Gasteiger partial charge in [-0.3, -0.25) is 9.48 Å². The summed E-state index contributed by atoms with van der Waals surface area (Å²) in [4.78, 5) is 12.7. The van der Waals surface area contributed by atoms with Crippen LogP contribution in [-0.4, -0.2) is 54.3 Å². The molecule has 0 aliphatic heterocycles. The number of amides is 1. The predicted octanol–water partition coefficient (Wildman–Crippen LogP) is 1.94. The van der Waals surface area contributed by atoms with Crippen molar-refractivity contribution in [2.24, 2.45) is 5.10 Å². The Hall–Kier alpha value is -4.07. The van der Waals surface area contributed by atoms with Gasteiger partial charge in [0, 0.05) is 5.56 Å². The molecule has 1 aromatic carbocycles. The van der Waals surface area contributed by atoms with Gasteiger partial charge in [-0.25, -0.2) is 10.1 Å². The lowest BCUT2D eigenvalue weighted by Crippen LogP contribution is -2.22. The Morgan fingerprint density at radius 3 is 2.74 bits per heavy atom. The molecule has 3 heterocycles. The number of rotatable bonds is 7. The summed E-state index contributed by atoms with van der Waals surface area (Å²) in [6.07, 6.45) is 1.52. The number of carbonyl (C=O) groups excluding carboxylic acids is 1. The van der Waals surface area contributed by atoms with E-state index in [9.17, 15) is 4.79 Å². The van der Waals surface area contributed by atoms with Crippen LogP contribution in [0.4, 0.5) is 5.82 Å². The molecule has 0 fully saturated rings. The monoisotopic (exact) mass is 528 g/mol. The molecule has 0 aliphatic rings. The first-order chi connectivity index (χ1) is 16.3. The first-order valence-electron chi connectivity index (χ1n) is 10.0. The van der Waals surface area contributed by atoms with E-state index in [-0.39, 0.29) is 17.3 Å². The van der Waals surface area contributed by atoms with Gasteiger partial charge < -0.3 is 10.5 Å². The highest BCUT2D eigenvalue weighted by molar-refractivity contribution is 9.10. The molecule has 0 radical (unpaired) electrons. The van der Waals surface area contributed by atoms with Crippen LogP contribution < -0.4 is 15.9 Å². The molecule has 13 nitrogen and oxygen atoms in total. The molecule has 3 aromatic heterocycles. The van der Waals surface area contributed by atoms with E-state index < -0.39 is 5.91 Å². The van der Waals surface area contributed by atoms with Crippen molar-refractivity contribution in [3.8, 4) is 11.6 Å². The van der Waals surface area contributed by atoms with Gasteiger partial charge in [-0.05, 0) is 70.8 Å². The van der Waals surface area contributed by atoms with Crippen molar-refractivity contribution in [3.05, 3.63) is 56.6 Å². The van der Waals surface area contributed by atoms with Crippen LogP contribution in [0.15, 0.2) is 32.4 Å². The van der Waals surface area contributed by atoms with E-state index in [0.717, 1.165) is 31.7 Å². The molecule has 176 valence electrons. The molecule has 0 aliphatic carbocycles. The van der Waals surface area contributed by atoms with E-state index >= 15 is 0 Å². The van der Waals surface area contributed by atoms with E-state index in [1.807, 2.05) is 36.7 Å². The maximum absolute atomic E-state index is 12.7. The average molecular weight is 529 g/mol. The van der Waals surface area contributed by atoms with Crippen LogP contribution in [0, 0.1) is 20.8 Å². The maximum Gasteiger partial charge on any atom is 0.292 e. The third-order valence-corrected chi connectivity index (χ3v) is 6.20. The number of nitrogens with zero attached hydrogens (tertiary/aromatic N) is 8. The molecule has 34 heavy (non-hydrogen) atoms. The number of anilines is 1. The normalized spacial score (nSPS) is 11.3. The third-order valence-electron chi connectivity index (χ3n) is 5.05. The van der Waals surface area contributed by atoms with Crippen molar-refractivity contribution in [1.82, 2.24) is 40.5 Å². The molecule has 14 heteroatoms. The zero-order valence-electron chi connectivity index (χ0n) is 18.8. The number of carbonyl (C=O) groups is 1. The minimum atomic E-state index is -0.553. The number of nitrogen functional groups attached to an aromatic ring is 1. The molecule has 1 amide bonds. The maximum atomic E-state index is 12.7. The number of hydrogen-bond donors (Lipinski definition) is 2. The molecular weight excluding hydrogens is 508 g/mol. The zero-order valence-corrected chi connectivity index (χ0v) is 20.4. The quantitative estimate of drug-likeness (QED) is 0.269. The first-order valence-corrected chi connectivity index (χ1v) is 10.8. The van der Waals surface area contributed by atoms with Crippen molar-refractivity contribution in [3.63, 3.8) is 0 Å². The molecule has 4 rings (SSSR count). The standard InChI is InChI=1S/C20H21BrN10O3/c1-10-16(21)12(3)30(26-10)9-14-7-13(5-6-15(14)33-4)8-23-25-20(32)17-11(2)24-29-31(17)19-18(22)27-34-28-19/h5-8H,9H2,1-4H3,(H2,22,27)(H,25,32)/b23-8+. The summed E-state index contributed by atoms with van der Waals surface area (Å²) >= 11 is 3.55. The summed E-state index contributed by atoms with van der Waals surface area (Å²) in [5.41, 5.74) is 12.2. The molecule has 0 spiro atoms. The van der Waals surface area contributed by atoms with Crippen molar-refractivity contribution in [1.29, 1.82) is 0 Å². The fraction of sp³-hybridized carbons (Fsp3) is 0.250. The Labute approximate surface area is 202 Å². The van der Waals surface area contributed by atoms with E-state index in [2.05, 4.69) is 56.8 Å². The molecule has 3 N–H and O–H groups in total. The molecule has 0 unspecified atom stereocenters. The summed E-state index contributed by atoms with van der Waals surface area (Å²) in [7, 11) is 1.61. The minimum Gasteiger partial charge on any atom is -0.496 e. The second-order valence-corrected chi connectivity index (χ2v) is 8.11. The lowest BCUT2D eigenvalue weighted by molar-refractivity contribution is 0.0946. The fourth-order valence-corrected chi connectivity index (χ4v) is 3.60. The van der Waals surface area contributed by atoms with Gasteiger partial charge in [0.05, 0.1) is 41.4 Å². The van der Waals surface area contributed by atoms with E-state index in [0.29, 0.717) is 18.0 Å². The summed E-state index contributed by atoms with van der Waals surface area (Å²) in [6.45, 7) is 6.06. The number of nitrogens with two attached hydrogens (primary N) is 1. The summed E-state index contributed by atoms with van der Waals surface area (Å²) in [5, 5.41) is 23.5. The van der Waals surface area contributed by atoms with Crippen LogP contribution in [0.25, 0.3) is 5.82 Å². The Bertz CT molecular complexity index is 1390. The van der Waals surface area contributed by atoms with Crippen molar-refractivity contribution in [2.75, 3.05) is 12.8 Å². The van der Waals surface area contributed by atoms with Crippen molar-refractivity contribution >= 4 is 33.9 Å². The van der Waals surface area contributed by atoms with Crippen LogP contribution in [0.1, 0.15) is 38.7 Å². The highest BCUT2D eigenvalue weighted by Gasteiger charge is 2.22. The van der Waals surface area contributed by atoms with Gasteiger partial charge in [0.2, 0.25) is 11.6 Å². The Balaban J connectivity index is 1.53. The number of halogens is 1.